The van der Waals surface area contributed by atoms with Crippen LogP contribution in [0.3, 0.4) is 0 Å². The molecule has 2 fully saturated rings. The summed E-state index contributed by atoms with van der Waals surface area (Å²) in [4.78, 5) is 2.60. The van der Waals surface area contributed by atoms with Gasteiger partial charge in [-0.25, -0.2) is 0 Å². The van der Waals surface area contributed by atoms with Gasteiger partial charge in [-0.2, -0.15) is 0 Å². The monoisotopic (exact) mass is 210 g/mol. The Hall–Kier alpha value is -0.0800. The van der Waals surface area contributed by atoms with Crippen LogP contribution in [0.2, 0.25) is 0 Å². The average molecular weight is 210 g/mol. The first-order chi connectivity index (χ1) is 7.00. The Bertz CT molecular complexity index is 219. The van der Waals surface area contributed by atoms with Crippen molar-refractivity contribution in [3.05, 3.63) is 0 Å². The predicted octanol–water partition coefficient (Wildman–Crippen LogP) is 2.72. The summed E-state index contributed by atoms with van der Waals surface area (Å²) in [7, 11) is 0. The third kappa shape index (κ3) is 2.21. The smallest absolute Gasteiger partial charge is 0.0579 e. The lowest BCUT2D eigenvalue weighted by atomic mass is 9.76. The van der Waals surface area contributed by atoms with E-state index in [0.29, 0.717) is 6.17 Å². The number of piperidine rings is 1. The molecule has 2 N–H and O–H groups in total. The molecule has 1 saturated carbocycles. The van der Waals surface area contributed by atoms with Gasteiger partial charge >= 0.3 is 0 Å². The van der Waals surface area contributed by atoms with Crippen molar-refractivity contribution >= 4 is 0 Å². The van der Waals surface area contributed by atoms with Crippen molar-refractivity contribution in [2.45, 2.75) is 77.0 Å². The predicted molar refractivity (Wildman–Crippen MR) is 64.5 cm³/mol. The topological polar surface area (TPSA) is 29.3 Å². The average Bonchev–Trinajstić information content (AvgIpc) is 2.15. The van der Waals surface area contributed by atoms with Crippen molar-refractivity contribution in [1.82, 2.24) is 4.90 Å². The van der Waals surface area contributed by atoms with Crippen molar-refractivity contribution in [2.75, 3.05) is 0 Å². The molecule has 88 valence electrons. The van der Waals surface area contributed by atoms with Gasteiger partial charge in [0.1, 0.15) is 0 Å². The standard InChI is InChI=1S/C13H26N2/c1-13(2,3)15-11-7-5-4-6-10(11)8-9-12(15)14/h10-12H,4-9,14H2,1-3H3. The molecule has 2 heteroatoms. The maximum Gasteiger partial charge on any atom is 0.0579 e. The molecule has 2 rings (SSSR count). The van der Waals surface area contributed by atoms with Gasteiger partial charge < -0.3 is 5.73 Å². The van der Waals surface area contributed by atoms with E-state index >= 15 is 0 Å². The molecular formula is C13H26N2. The first kappa shape index (κ1) is 11.4. The van der Waals surface area contributed by atoms with Crippen LogP contribution in [0.1, 0.15) is 59.3 Å². The minimum atomic E-state index is 0.236. The van der Waals surface area contributed by atoms with Crippen molar-refractivity contribution in [1.29, 1.82) is 0 Å². The lowest BCUT2D eigenvalue weighted by Crippen LogP contribution is -2.62. The molecule has 1 saturated heterocycles. The quantitative estimate of drug-likeness (QED) is 0.666. The molecule has 3 atom stereocenters. The molecule has 0 aromatic carbocycles. The third-order valence-electron chi connectivity index (χ3n) is 4.19. The second-order valence-electron chi connectivity index (χ2n) is 6.33. The lowest BCUT2D eigenvalue weighted by Gasteiger charge is -2.53. The summed E-state index contributed by atoms with van der Waals surface area (Å²) < 4.78 is 0. The number of likely N-dealkylation sites (tertiary alicyclic amines) is 1. The number of hydrogen-bond acceptors (Lipinski definition) is 2. The summed E-state index contributed by atoms with van der Waals surface area (Å²) in [5.74, 6) is 0.928. The second kappa shape index (κ2) is 4.06. The second-order valence-corrected chi connectivity index (χ2v) is 6.33. The molecule has 0 aromatic heterocycles. The zero-order valence-electron chi connectivity index (χ0n) is 10.5. The first-order valence-corrected chi connectivity index (χ1v) is 6.54. The van der Waals surface area contributed by atoms with Gasteiger partial charge in [-0.05, 0) is 52.4 Å². The maximum absolute atomic E-state index is 6.30. The summed E-state index contributed by atoms with van der Waals surface area (Å²) in [6.07, 6.45) is 8.50. The maximum atomic E-state index is 6.30. The normalized spacial score (nSPS) is 38.8. The number of nitrogens with two attached hydrogens (primary N) is 1. The molecule has 1 aliphatic carbocycles. The van der Waals surface area contributed by atoms with Gasteiger partial charge in [0.2, 0.25) is 0 Å². The minimum absolute atomic E-state index is 0.236. The van der Waals surface area contributed by atoms with Gasteiger partial charge in [0.05, 0.1) is 6.17 Å². The van der Waals surface area contributed by atoms with Gasteiger partial charge in [0.15, 0.2) is 0 Å². The van der Waals surface area contributed by atoms with Gasteiger partial charge in [-0.3, -0.25) is 4.90 Å². The third-order valence-corrected chi connectivity index (χ3v) is 4.19. The Labute approximate surface area is 94.2 Å². The van der Waals surface area contributed by atoms with E-state index < -0.39 is 0 Å². The molecule has 2 nitrogen and oxygen atoms in total. The van der Waals surface area contributed by atoms with E-state index in [0.717, 1.165) is 12.0 Å². The molecule has 0 radical (unpaired) electrons. The zero-order valence-corrected chi connectivity index (χ0v) is 10.5. The molecule has 1 aliphatic heterocycles. The number of nitrogens with zero attached hydrogens (tertiary/aromatic N) is 1. The lowest BCUT2D eigenvalue weighted by molar-refractivity contribution is -0.0443. The highest BCUT2D eigenvalue weighted by molar-refractivity contribution is 4.95. The minimum Gasteiger partial charge on any atom is -0.316 e. The first-order valence-electron chi connectivity index (χ1n) is 6.54. The molecule has 0 spiro atoms. The fourth-order valence-electron chi connectivity index (χ4n) is 3.66. The van der Waals surface area contributed by atoms with E-state index in [-0.39, 0.29) is 5.54 Å². The Balaban J connectivity index is 2.16. The van der Waals surface area contributed by atoms with Crippen molar-refractivity contribution in [3.63, 3.8) is 0 Å². The fourth-order valence-corrected chi connectivity index (χ4v) is 3.66. The van der Waals surface area contributed by atoms with Crippen LogP contribution in [0.5, 0.6) is 0 Å². The highest BCUT2D eigenvalue weighted by Gasteiger charge is 2.41. The summed E-state index contributed by atoms with van der Waals surface area (Å²) in [6, 6.07) is 0.766. The Morgan fingerprint density at radius 2 is 1.67 bits per heavy atom. The van der Waals surface area contributed by atoms with E-state index in [4.69, 9.17) is 5.73 Å². The Kier molecular flexibility index (Phi) is 3.09. The van der Waals surface area contributed by atoms with Crippen LogP contribution >= 0.6 is 0 Å². The largest absolute Gasteiger partial charge is 0.316 e. The zero-order chi connectivity index (χ0) is 11.1. The Morgan fingerprint density at radius 1 is 1.00 bits per heavy atom. The molecule has 0 aromatic rings. The van der Waals surface area contributed by atoms with Crippen LogP contribution < -0.4 is 5.73 Å². The number of hydrogen-bond donors (Lipinski definition) is 1. The molecular weight excluding hydrogens is 184 g/mol. The molecule has 0 amide bonds. The highest BCUT2D eigenvalue weighted by atomic mass is 15.3. The van der Waals surface area contributed by atoms with E-state index in [1.165, 1.54) is 38.5 Å². The Morgan fingerprint density at radius 3 is 2.33 bits per heavy atom. The van der Waals surface area contributed by atoms with Crippen molar-refractivity contribution in [2.24, 2.45) is 11.7 Å². The van der Waals surface area contributed by atoms with E-state index in [2.05, 4.69) is 25.7 Å². The molecule has 15 heavy (non-hydrogen) atoms. The van der Waals surface area contributed by atoms with Crippen molar-refractivity contribution < 1.29 is 0 Å². The summed E-state index contributed by atoms with van der Waals surface area (Å²) >= 11 is 0. The summed E-state index contributed by atoms with van der Waals surface area (Å²) in [6.45, 7) is 6.93. The van der Waals surface area contributed by atoms with Gasteiger partial charge in [0, 0.05) is 11.6 Å². The highest BCUT2D eigenvalue weighted by Crippen LogP contribution is 2.39. The van der Waals surface area contributed by atoms with E-state index in [1.54, 1.807) is 0 Å². The van der Waals surface area contributed by atoms with Gasteiger partial charge in [-0.15, -0.1) is 0 Å². The molecule has 2 aliphatic rings. The molecule has 3 unspecified atom stereocenters. The van der Waals surface area contributed by atoms with E-state index in [9.17, 15) is 0 Å². The fraction of sp³-hybridized carbons (Fsp3) is 1.00. The summed E-state index contributed by atoms with van der Waals surface area (Å²) in [5.41, 5.74) is 6.53. The molecule has 1 heterocycles. The number of rotatable bonds is 0. The van der Waals surface area contributed by atoms with Crippen molar-refractivity contribution in [3.8, 4) is 0 Å². The van der Waals surface area contributed by atoms with Gasteiger partial charge in [-0.1, -0.05) is 12.8 Å². The molecule has 0 bridgehead atoms. The van der Waals surface area contributed by atoms with Crippen LogP contribution in [0.15, 0.2) is 0 Å². The number of fused-ring (bicyclic) bond motifs is 1. The SMILES string of the molecule is CC(C)(C)N1C(N)CCC2CCCCC21. The van der Waals surface area contributed by atoms with Crippen LogP contribution in [-0.4, -0.2) is 22.6 Å². The summed E-state index contributed by atoms with van der Waals surface area (Å²) in [5, 5.41) is 0. The van der Waals surface area contributed by atoms with Gasteiger partial charge in [0.25, 0.3) is 0 Å². The van der Waals surface area contributed by atoms with Crippen LogP contribution in [0.4, 0.5) is 0 Å². The van der Waals surface area contributed by atoms with Crippen LogP contribution in [0.25, 0.3) is 0 Å². The van der Waals surface area contributed by atoms with E-state index in [1.807, 2.05) is 0 Å². The van der Waals surface area contributed by atoms with Crippen LogP contribution in [-0.2, 0) is 0 Å². The van der Waals surface area contributed by atoms with Crippen LogP contribution in [0, 0.1) is 5.92 Å².